The molecule has 2 rings (SSSR count). The maximum atomic E-state index is 14.2. The molecule has 0 aliphatic rings. The number of benzene rings is 1. The van der Waals surface area contributed by atoms with Gasteiger partial charge >= 0.3 is 0 Å². The van der Waals surface area contributed by atoms with Gasteiger partial charge in [-0.2, -0.15) is 5.21 Å². The van der Waals surface area contributed by atoms with E-state index in [-0.39, 0.29) is 17.9 Å². The summed E-state index contributed by atoms with van der Waals surface area (Å²) in [5.74, 6) is -0.983. The van der Waals surface area contributed by atoms with Crippen LogP contribution in [0.5, 0.6) is 5.75 Å². The van der Waals surface area contributed by atoms with Crippen molar-refractivity contribution in [1.29, 1.82) is 0 Å². The molecule has 2 N–H and O–H groups in total. The van der Waals surface area contributed by atoms with Gasteiger partial charge in [0.25, 0.3) is 5.91 Å². The number of nitrogens with zero attached hydrogens (tertiary/aromatic N) is 3. The van der Waals surface area contributed by atoms with Gasteiger partial charge in [-0.05, 0) is 35.0 Å². The number of carbonyl (C=O) groups is 1. The monoisotopic (exact) mass is 343 g/mol. The van der Waals surface area contributed by atoms with E-state index in [2.05, 4.69) is 41.9 Å². The van der Waals surface area contributed by atoms with Crippen LogP contribution in [0.15, 0.2) is 16.6 Å². The topological polar surface area (TPSA) is 92.8 Å². The lowest BCUT2D eigenvalue weighted by Crippen LogP contribution is -2.25. The SMILES string of the molecule is CCOc1ccc(Br)c(C(=O)NCc2nn[nH]n2)c1F. The fourth-order valence-electron chi connectivity index (χ4n) is 1.51. The highest BCUT2D eigenvalue weighted by molar-refractivity contribution is 9.10. The second-order valence-corrected chi connectivity index (χ2v) is 4.53. The van der Waals surface area contributed by atoms with Gasteiger partial charge in [-0.15, -0.1) is 10.2 Å². The molecule has 1 heterocycles. The molecule has 0 radical (unpaired) electrons. The fraction of sp³-hybridized carbons (Fsp3) is 0.273. The van der Waals surface area contributed by atoms with E-state index in [1.54, 1.807) is 13.0 Å². The van der Waals surface area contributed by atoms with Gasteiger partial charge in [0, 0.05) is 4.47 Å². The summed E-state index contributed by atoms with van der Waals surface area (Å²) in [4.78, 5) is 12.0. The Kier molecular flexibility index (Phi) is 4.61. The van der Waals surface area contributed by atoms with E-state index in [4.69, 9.17) is 4.74 Å². The van der Waals surface area contributed by atoms with E-state index in [1.165, 1.54) is 6.07 Å². The lowest BCUT2D eigenvalue weighted by Gasteiger charge is -2.10. The molecule has 0 aliphatic heterocycles. The van der Waals surface area contributed by atoms with Crippen LogP contribution in [0, 0.1) is 5.82 Å². The number of amides is 1. The van der Waals surface area contributed by atoms with E-state index < -0.39 is 11.7 Å². The summed E-state index contributed by atoms with van der Waals surface area (Å²) >= 11 is 3.15. The van der Waals surface area contributed by atoms with Crippen LogP contribution in [0.1, 0.15) is 23.1 Å². The number of H-pyrrole nitrogens is 1. The van der Waals surface area contributed by atoms with E-state index in [1.807, 2.05) is 0 Å². The van der Waals surface area contributed by atoms with Crippen LogP contribution < -0.4 is 10.1 Å². The Hall–Kier alpha value is -2.03. The van der Waals surface area contributed by atoms with Crippen LogP contribution in [0.4, 0.5) is 4.39 Å². The summed E-state index contributed by atoms with van der Waals surface area (Å²) in [5, 5.41) is 15.5. The van der Waals surface area contributed by atoms with Crippen molar-refractivity contribution in [1.82, 2.24) is 25.9 Å². The van der Waals surface area contributed by atoms with Gasteiger partial charge in [0.15, 0.2) is 17.4 Å². The minimum Gasteiger partial charge on any atom is -0.491 e. The van der Waals surface area contributed by atoms with E-state index in [0.717, 1.165) is 0 Å². The van der Waals surface area contributed by atoms with Crippen LogP contribution in [0.2, 0.25) is 0 Å². The Morgan fingerprint density at radius 1 is 1.55 bits per heavy atom. The zero-order chi connectivity index (χ0) is 14.5. The lowest BCUT2D eigenvalue weighted by atomic mass is 10.2. The molecule has 1 aromatic heterocycles. The smallest absolute Gasteiger partial charge is 0.255 e. The Morgan fingerprint density at radius 2 is 2.35 bits per heavy atom. The lowest BCUT2D eigenvalue weighted by molar-refractivity contribution is 0.0944. The Balaban J connectivity index is 2.18. The van der Waals surface area contributed by atoms with Crippen LogP contribution in [-0.2, 0) is 6.54 Å². The molecular formula is C11H11BrFN5O2. The van der Waals surface area contributed by atoms with Crippen molar-refractivity contribution in [2.75, 3.05) is 6.61 Å². The molecule has 0 aliphatic carbocycles. The third-order valence-corrected chi connectivity index (χ3v) is 3.04. The van der Waals surface area contributed by atoms with Crippen molar-refractivity contribution < 1.29 is 13.9 Å². The highest BCUT2D eigenvalue weighted by Crippen LogP contribution is 2.27. The van der Waals surface area contributed by atoms with E-state index >= 15 is 0 Å². The standard InChI is InChI=1S/C11H11BrFN5O2/c1-2-20-7-4-3-6(12)9(10(7)13)11(19)14-5-8-15-17-18-16-8/h3-4H,2,5H2,1H3,(H,14,19)(H,15,16,17,18). The molecule has 9 heteroatoms. The van der Waals surface area contributed by atoms with Gasteiger partial charge in [-0.1, -0.05) is 5.21 Å². The summed E-state index contributed by atoms with van der Waals surface area (Å²) in [6.45, 7) is 2.08. The van der Waals surface area contributed by atoms with E-state index in [0.29, 0.717) is 16.9 Å². The number of halogens is 2. The number of hydrogen-bond acceptors (Lipinski definition) is 5. The normalized spacial score (nSPS) is 10.3. The van der Waals surface area contributed by atoms with Gasteiger partial charge < -0.3 is 10.1 Å². The minimum absolute atomic E-state index is 0.0282. The van der Waals surface area contributed by atoms with Crippen molar-refractivity contribution in [3.05, 3.63) is 33.8 Å². The molecule has 106 valence electrons. The molecule has 0 fully saturated rings. The average Bonchev–Trinajstić information content (AvgIpc) is 2.93. The first-order valence-electron chi connectivity index (χ1n) is 5.74. The largest absolute Gasteiger partial charge is 0.491 e. The first-order valence-corrected chi connectivity index (χ1v) is 6.54. The average molecular weight is 344 g/mol. The van der Waals surface area contributed by atoms with Crippen molar-refractivity contribution in [2.45, 2.75) is 13.5 Å². The van der Waals surface area contributed by atoms with Crippen LogP contribution in [-0.4, -0.2) is 33.1 Å². The zero-order valence-electron chi connectivity index (χ0n) is 10.5. The Labute approximate surface area is 122 Å². The van der Waals surface area contributed by atoms with Crippen molar-refractivity contribution in [2.24, 2.45) is 0 Å². The van der Waals surface area contributed by atoms with Crippen molar-refractivity contribution >= 4 is 21.8 Å². The van der Waals surface area contributed by atoms with Gasteiger partial charge in [0.2, 0.25) is 0 Å². The molecule has 2 aromatic rings. The number of aromatic amines is 1. The third kappa shape index (κ3) is 3.10. The number of rotatable bonds is 5. The van der Waals surface area contributed by atoms with Crippen LogP contribution >= 0.6 is 15.9 Å². The minimum atomic E-state index is -0.716. The van der Waals surface area contributed by atoms with Gasteiger partial charge in [0.05, 0.1) is 18.7 Å². The molecule has 1 aromatic carbocycles. The quantitative estimate of drug-likeness (QED) is 0.856. The number of carbonyl (C=O) groups excluding carboxylic acids is 1. The molecule has 7 nitrogen and oxygen atoms in total. The first kappa shape index (κ1) is 14.4. The maximum absolute atomic E-state index is 14.2. The van der Waals surface area contributed by atoms with Crippen molar-refractivity contribution in [3.63, 3.8) is 0 Å². The van der Waals surface area contributed by atoms with Gasteiger partial charge in [0.1, 0.15) is 0 Å². The number of nitrogens with one attached hydrogen (secondary N) is 2. The van der Waals surface area contributed by atoms with Gasteiger partial charge in [-0.3, -0.25) is 4.79 Å². The van der Waals surface area contributed by atoms with Crippen molar-refractivity contribution in [3.8, 4) is 5.75 Å². The molecule has 0 atom stereocenters. The summed E-state index contributed by atoms with van der Waals surface area (Å²) in [5.41, 5.74) is -0.126. The molecule has 20 heavy (non-hydrogen) atoms. The van der Waals surface area contributed by atoms with Gasteiger partial charge in [-0.25, -0.2) is 4.39 Å². The van der Waals surface area contributed by atoms with E-state index in [9.17, 15) is 9.18 Å². The second kappa shape index (κ2) is 6.42. The number of hydrogen-bond donors (Lipinski definition) is 2. The highest BCUT2D eigenvalue weighted by Gasteiger charge is 2.20. The van der Waals surface area contributed by atoms with Crippen LogP contribution in [0.3, 0.4) is 0 Å². The Morgan fingerprint density at radius 3 is 3.00 bits per heavy atom. The number of ether oxygens (including phenoxy) is 1. The summed E-state index contributed by atoms with van der Waals surface area (Å²) in [7, 11) is 0. The molecular weight excluding hydrogens is 333 g/mol. The first-order chi connectivity index (χ1) is 9.63. The molecule has 0 spiro atoms. The molecule has 0 unspecified atom stereocenters. The molecule has 0 saturated heterocycles. The predicted molar refractivity (Wildman–Crippen MR) is 70.6 cm³/mol. The summed E-state index contributed by atoms with van der Waals surface area (Å²) in [6, 6.07) is 3.01. The molecule has 1 amide bonds. The summed E-state index contributed by atoms with van der Waals surface area (Å²) < 4.78 is 19.6. The number of tetrazole rings is 1. The zero-order valence-corrected chi connectivity index (χ0v) is 12.1. The van der Waals surface area contributed by atoms with Crippen LogP contribution in [0.25, 0.3) is 0 Å². The third-order valence-electron chi connectivity index (χ3n) is 2.38. The number of aromatic nitrogens is 4. The highest BCUT2D eigenvalue weighted by atomic mass is 79.9. The predicted octanol–water partition coefficient (Wildman–Crippen LogP) is 1.43. The fourth-order valence-corrected chi connectivity index (χ4v) is 2.00. The molecule has 0 saturated carbocycles. The second-order valence-electron chi connectivity index (χ2n) is 3.68. The maximum Gasteiger partial charge on any atom is 0.255 e. The summed E-state index contributed by atoms with van der Waals surface area (Å²) in [6.07, 6.45) is 0. The Bertz CT molecular complexity index is 605. The molecule has 0 bridgehead atoms.